The molecule has 1 atom stereocenters. The summed E-state index contributed by atoms with van der Waals surface area (Å²) in [5.74, 6) is 0.280. The van der Waals surface area contributed by atoms with E-state index in [0.29, 0.717) is 6.42 Å². The Bertz CT molecular complexity index is 469. The number of sulfonamides is 1. The molecule has 0 fully saturated rings. The molecule has 16 heavy (non-hydrogen) atoms. The minimum Gasteiger partial charge on any atom is -0.495 e. The summed E-state index contributed by atoms with van der Waals surface area (Å²) in [6.45, 7) is 1.84. The van der Waals surface area contributed by atoms with Crippen LogP contribution < -0.4 is 15.6 Å². The van der Waals surface area contributed by atoms with Crippen molar-refractivity contribution in [2.45, 2.75) is 24.3 Å². The zero-order valence-corrected chi connectivity index (χ0v) is 10.1. The molecule has 0 bridgehead atoms. The fourth-order valence-corrected chi connectivity index (χ4v) is 2.27. The summed E-state index contributed by atoms with van der Waals surface area (Å²) in [5.41, 5.74) is 6.41. The molecule has 0 aromatic heterocycles. The second-order valence-corrected chi connectivity index (χ2v) is 5.20. The van der Waals surface area contributed by atoms with Gasteiger partial charge in [-0.25, -0.2) is 13.6 Å². The Hall–Kier alpha value is -1.11. The average Bonchev–Trinajstić information content (AvgIpc) is 2.15. The van der Waals surface area contributed by atoms with E-state index in [2.05, 4.69) is 0 Å². The van der Waals surface area contributed by atoms with Gasteiger partial charge in [0.25, 0.3) is 0 Å². The van der Waals surface area contributed by atoms with E-state index in [1.54, 1.807) is 12.1 Å². The number of primary sulfonamides is 1. The van der Waals surface area contributed by atoms with E-state index in [1.807, 2.05) is 6.92 Å². The van der Waals surface area contributed by atoms with Gasteiger partial charge in [-0.1, -0.05) is 12.1 Å². The topological polar surface area (TPSA) is 95.4 Å². The van der Waals surface area contributed by atoms with Crippen LogP contribution in [-0.2, 0) is 16.4 Å². The first kappa shape index (κ1) is 13.0. The molecular formula is C10H16N2O3S. The van der Waals surface area contributed by atoms with Gasteiger partial charge in [-0.2, -0.15) is 0 Å². The normalized spacial score (nSPS) is 13.5. The molecule has 0 spiro atoms. The fraction of sp³-hybridized carbons (Fsp3) is 0.400. The zero-order chi connectivity index (χ0) is 12.3. The van der Waals surface area contributed by atoms with Gasteiger partial charge in [-0.3, -0.25) is 0 Å². The number of hydrogen-bond donors (Lipinski definition) is 2. The predicted octanol–water partition coefficient (Wildman–Crippen LogP) is 0.232. The third-order valence-corrected chi connectivity index (χ3v) is 3.05. The van der Waals surface area contributed by atoms with Gasteiger partial charge in [-0.05, 0) is 25.0 Å². The highest BCUT2D eigenvalue weighted by atomic mass is 32.2. The molecule has 0 radical (unpaired) electrons. The maximum Gasteiger partial charge on any atom is 0.241 e. The molecule has 4 N–H and O–H groups in total. The van der Waals surface area contributed by atoms with Crippen molar-refractivity contribution in [1.29, 1.82) is 0 Å². The Morgan fingerprint density at radius 1 is 1.44 bits per heavy atom. The summed E-state index contributed by atoms with van der Waals surface area (Å²) in [6.07, 6.45) is 0.534. The highest BCUT2D eigenvalue weighted by molar-refractivity contribution is 7.89. The Balaban J connectivity index is 3.32. The molecule has 0 heterocycles. The molecule has 0 aliphatic carbocycles. The van der Waals surface area contributed by atoms with Crippen LogP contribution in [0.25, 0.3) is 0 Å². The number of ether oxygens (including phenoxy) is 1. The molecule has 90 valence electrons. The molecule has 0 aliphatic heterocycles. The van der Waals surface area contributed by atoms with Crippen LogP contribution in [0.2, 0.25) is 0 Å². The first-order valence-corrected chi connectivity index (χ1v) is 6.35. The Labute approximate surface area is 95.4 Å². The van der Waals surface area contributed by atoms with E-state index in [9.17, 15) is 8.42 Å². The molecule has 6 heteroatoms. The summed E-state index contributed by atoms with van der Waals surface area (Å²) in [7, 11) is -2.36. The summed E-state index contributed by atoms with van der Waals surface area (Å²) < 4.78 is 27.7. The molecule has 1 aromatic rings. The van der Waals surface area contributed by atoms with Crippen molar-refractivity contribution in [2.24, 2.45) is 10.9 Å². The zero-order valence-electron chi connectivity index (χ0n) is 9.30. The van der Waals surface area contributed by atoms with Gasteiger partial charge in [-0.15, -0.1) is 0 Å². The van der Waals surface area contributed by atoms with Crippen molar-refractivity contribution in [3.8, 4) is 5.75 Å². The predicted molar refractivity (Wildman–Crippen MR) is 61.7 cm³/mol. The molecule has 0 unspecified atom stereocenters. The van der Waals surface area contributed by atoms with E-state index in [-0.39, 0.29) is 16.7 Å². The summed E-state index contributed by atoms with van der Waals surface area (Å²) in [6, 6.07) is 4.74. The van der Waals surface area contributed by atoms with Crippen LogP contribution in [0.4, 0.5) is 0 Å². The highest BCUT2D eigenvalue weighted by Gasteiger charge is 2.18. The van der Waals surface area contributed by atoms with Gasteiger partial charge in [0.15, 0.2) is 0 Å². The van der Waals surface area contributed by atoms with Crippen molar-refractivity contribution in [3.05, 3.63) is 23.8 Å². The summed E-state index contributed by atoms with van der Waals surface area (Å²) in [5, 5.41) is 5.09. The van der Waals surface area contributed by atoms with E-state index >= 15 is 0 Å². The molecule has 1 rings (SSSR count). The van der Waals surface area contributed by atoms with Crippen LogP contribution in [0.5, 0.6) is 5.75 Å². The van der Waals surface area contributed by atoms with Crippen molar-refractivity contribution in [2.75, 3.05) is 7.11 Å². The van der Waals surface area contributed by atoms with Crippen LogP contribution in [0.1, 0.15) is 12.5 Å². The fourth-order valence-electron chi connectivity index (χ4n) is 1.52. The summed E-state index contributed by atoms with van der Waals surface area (Å²) in [4.78, 5) is -0.00634. The third-order valence-electron chi connectivity index (χ3n) is 2.11. The van der Waals surface area contributed by atoms with Crippen molar-refractivity contribution < 1.29 is 13.2 Å². The van der Waals surface area contributed by atoms with Crippen LogP contribution >= 0.6 is 0 Å². The minimum absolute atomic E-state index is 0.00634. The first-order valence-electron chi connectivity index (χ1n) is 4.80. The molecular weight excluding hydrogens is 228 g/mol. The SMILES string of the molecule is COc1c(C[C@@H](C)N)cccc1S(N)(=O)=O. The summed E-state index contributed by atoms with van der Waals surface area (Å²) >= 11 is 0. The lowest BCUT2D eigenvalue weighted by Crippen LogP contribution is -2.19. The minimum atomic E-state index is -3.77. The highest BCUT2D eigenvalue weighted by Crippen LogP contribution is 2.27. The lowest BCUT2D eigenvalue weighted by Gasteiger charge is -2.13. The molecule has 0 aliphatic rings. The Morgan fingerprint density at radius 2 is 2.06 bits per heavy atom. The van der Waals surface area contributed by atoms with Crippen molar-refractivity contribution in [1.82, 2.24) is 0 Å². The van der Waals surface area contributed by atoms with Crippen LogP contribution in [0, 0.1) is 0 Å². The standard InChI is InChI=1S/C10H16N2O3S/c1-7(11)6-8-4-3-5-9(10(8)15-2)16(12,13)14/h3-5,7H,6,11H2,1-2H3,(H2,12,13,14)/t7-/m1/s1. The van der Waals surface area contributed by atoms with Crippen LogP contribution in [0.15, 0.2) is 23.1 Å². The molecule has 5 nitrogen and oxygen atoms in total. The Kier molecular flexibility index (Phi) is 3.90. The van der Waals surface area contributed by atoms with Crippen LogP contribution in [-0.4, -0.2) is 21.6 Å². The first-order chi connectivity index (χ1) is 7.36. The average molecular weight is 244 g/mol. The second-order valence-electron chi connectivity index (χ2n) is 3.67. The van der Waals surface area contributed by atoms with E-state index < -0.39 is 10.0 Å². The lowest BCUT2D eigenvalue weighted by molar-refractivity contribution is 0.396. The third kappa shape index (κ3) is 2.94. The molecule has 0 amide bonds. The number of methoxy groups -OCH3 is 1. The smallest absolute Gasteiger partial charge is 0.241 e. The van der Waals surface area contributed by atoms with E-state index in [0.717, 1.165) is 5.56 Å². The molecule has 1 aromatic carbocycles. The van der Waals surface area contributed by atoms with Gasteiger partial charge < -0.3 is 10.5 Å². The van der Waals surface area contributed by atoms with Gasteiger partial charge in [0.05, 0.1) is 7.11 Å². The van der Waals surface area contributed by atoms with E-state index in [4.69, 9.17) is 15.6 Å². The van der Waals surface area contributed by atoms with E-state index in [1.165, 1.54) is 13.2 Å². The number of rotatable bonds is 4. The Morgan fingerprint density at radius 3 is 2.50 bits per heavy atom. The largest absolute Gasteiger partial charge is 0.495 e. The number of benzene rings is 1. The lowest BCUT2D eigenvalue weighted by atomic mass is 10.1. The number of para-hydroxylation sites is 1. The maximum atomic E-state index is 11.3. The van der Waals surface area contributed by atoms with Gasteiger partial charge in [0.1, 0.15) is 10.6 Å². The van der Waals surface area contributed by atoms with Gasteiger partial charge in [0.2, 0.25) is 10.0 Å². The molecule has 0 saturated heterocycles. The van der Waals surface area contributed by atoms with Crippen LogP contribution in [0.3, 0.4) is 0 Å². The quantitative estimate of drug-likeness (QED) is 0.792. The van der Waals surface area contributed by atoms with Crippen molar-refractivity contribution in [3.63, 3.8) is 0 Å². The maximum absolute atomic E-state index is 11.3. The number of hydrogen-bond acceptors (Lipinski definition) is 4. The second kappa shape index (κ2) is 4.82. The molecule has 0 saturated carbocycles. The van der Waals surface area contributed by atoms with Gasteiger partial charge >= 0.3 is 0 Å². The monoisotopic (exact) mass is 244 g/mol. The number of nitrogens with two attached hydrogens (primary N) is 2. The van der Waals surface area contributed by atoms with Crippen molar-refractivity contribution >= 4 is 10.0 Å². The van der Waals surface area contributed by atoms with Gasteiger partial charge in [0, 0.05) is 6.04 Å².